The summed E-state index contributed by atoms with van der Waals surface area (Å²) in [6.45, 7) is 3.86. The van der Waals surface area contributed by atoms with Crippen LogP contribution in [0, 0.1) is 23.7 Å². The Kier molecular flexibility index (Phi) is 8.62. The number of carbonyl (C=O) groups excluding carboxylic acids is 4. The zero-order valence-electron chi connectivity index (χ0n) is 26.3. The van der Waals surface area contributed by atoms with Crippen LogP contribution < -0.4 is 16.0 Å². The van der Waals surface area contributed by atoms with Gasteiger partial charge < -0.3 is 20.9 Å². The van der Waals surface area contributed by atoms with Crippen molar-refractivity contribution in [3.8, 4) is 0 Å². The van der Waals surface area contributed by atoms with Crippen LogP contribution in [0.3, 0.4) is 0 Å². The molecule has 13 heteroatoms. The third-order valence-corrected chi connectivity index (χ3v) is 9.76. The first-order valence-corrected chi connectivity index (χ1v) is 16.2. The van der Waals surface area contributed by atoms with Crippen LogP contribution >= 0.6 is 0 Å². The van der Waals surface area contributed by atoms with Gasteiger partial charge in [-0.2, -0.15) is 18.3 Å². The van der Waals surface area contributed by atoms with Gasteiger partial charge in [-0.15, -0.1) is 0 Å². The second kappa shape index (κ2) is 12.4. The molecule has 3 saturated carbocycles. The summed E-state index contributed by atoms with van der Waals surface area (Å²) in [5, 5.41) is 12.2. The summed E-state index contributed by atoms with van der Waals surface area (Å²) < 4.78 is 43.2. The number of alkyl halides is 3. The van der Waals surface area contributed by atoms with Gasteiger partial charge in [-0.3, -0.25) is 23.9 Å². The highest BCUT2D eigenvalue weighted by Crippen LogP contribution is 2.51. The van der Waals surface area contributed by atoms with Crippen LogP contribution in [-0.4, -0.2) is 63.6 Å². The molecule has 0 radical (unpaired) electrons. The number of likely N-dealkylation sites (N-methyl/N-ethyl adjacent to an activating group) is 1. The fraction of sp³-hybridized carbons (Fsp3) is 0.606. The Morgan fingerprint density at radius 2 is 1.63 bits per heavy atom. The monoisotopic (exact) mass is 642 g/mol. The molecular weight excluding hydrogens is 601 g/mol. The van der Waals surface area contributed by atoms with Crippen LogP contribution in [0.5, 0.6) is 0 Å². The molecule has 248 valence electrons. The van der Waals surface area contributed by atoms with Crippen molar-refractivity contribution in [1.82, 2.24) is 25.3 Å². The van der Waals surface area contributed by atoms with Crippen LogP contribution in [0.1, 0.15) is 92.5 Å². The maximum absolute atomic E-state index is 13.9. The van der Waals surface area contributed by atoms with Crippen molar-refractivity contribution < 1.29 is 32.3 Å². The molecule has 0 aliphatic heterocycles. The maximum Gasteiger partial charge on any atom is 0.417 e. The molecule has 1 heterocycles. The van der Waals surface area contributed by atoms with Crippen LogP contribution in [-0.2, 0) is 20.8 Å². The Hall–Kier alpha value is -3.90. The summed E-state index contributed by atoms with van der Waals surface area (Å²) in [6, 6.07) is 2.86. The molecule has 3 atom stereocenters. The van der Waals surface area contributed by atoms with E-state index < -0.39 is 42.0 Å². The third-order valence-electron chi connectivity index (χ3n) is 9.76. The standard InChI is InChI=1S/C33H41F3N6O4/c1-17(2)42-25(14-15-37-42)30(44)39-27(26(18-4-5-18)19-6-7-19)31(45)38-22-11-12-23-21(16-22)10-13-24(23)41(3)32(46)28(33(34,35)36)40-29(43)20-8-9-20/h11-12,14-20,24,26-28H,4-10,13H2,1-3H3,(H,38,45)(H,39,44)(H,40,43)/t24-,27+,28?/m1/s1. The number of hydrogen-bond acceptors (Lipinski definition) is 5. The van der Waals surface area contributed by atoms with E-state index in [0.29, 0.717) is 54.5 Å². The molecule has 0 saturated heterocycles. The van der Waals surface area contributed by atoms with Gasteiger partial charge in [-0.05, 0) is 112 Å². The van der Waals surface area contributed by atoms with E-state index in [2.05, 4.69) is 15.7 Å². The number of fused-ring (bicyclic) bond motifs is 1. The average molecular weight is 643 g/mol. The lowest BCUT2D eigenvalue weighted by atomic mass is 9.88. The minimum absolute atomic E-state index is 0.0276. The van der Waals surface area contributed by atoms with E-state index in [-0.39, 0.29) is 23.8 Å². The molecule has 4 aliphatic rings. The highest BCUT2D eigenvalue weighted by Gasteiger charge is 2.50. The normalized spacial score (nSPS) is 20.7. The van der Waals surface area contributed by atoms with Crippen LogP contribution in [0.15, 0.2) is 30.5 Å². The third kappa shape index (κ3) is 6.78. The number of benzene rings is 1. The van der Waals surface area contributed by atoms with Crippen molar-refractivity contribution >= 4 is 29.3 Å². The number of rotatable bonds is 12. The number of hydrogen-bond donors (Lipinski definition) is 3. The summed E-state index contributed by atoms with van der Waals surface area (Å²) in [6.07, 6.45) is 2.69. The van der Waals surface area contributed by atoms with E-state index >= 15 is 0 Å². The molecule has 4 aliphatic carbocycles. The molecule has 4 amide bonds. The van der Waals surface area contributed by atoms with Crippen LogP contribution in [0.2, 0.25) is 0 Å². The second-order valence-corrected chi connectivity index (χ2v) is 13.6. The molecule has 0 bridgehead atoms. The van der Waals surface area contributed by atoms with E-state index in [4.69, 9.17) is 0 Å². The van der Waals surface area contributed by atoms with Gasteiger partial charge in [0, 0.05) is 30.9 Å². The Balaban J connectivity index is 1.17. The topological polar surface area (TPSA) is 125 Å². The predicted octanol–water partition coefficient (Wildman–Crippen LogP) is 4.54. The lowest BCUT2D eigenvalue weighted by Gasteiger charge is -2.31. The van der Waals surface area contributed by atoms with E-state index in [1.165, 1.54) is 7.05 Å². The number of halogens is 3. The van der Waals surface area contributed by atoms with Gasteiger partial charge in [0.1, 0.15) is 11.7 Å². The molecule has 6 rings (SSSR count). The summed E-state index contributed by atoms with van der Waals surface area (Å²) in [5.74, 6) is -2.31. The molecule has 1 aromatic carbocycles. The second-order valence-electron chi connectivity index (χ2n) is 13.6. The molecule has 10 nitrogen and oxygen atoms in total. The number of aryl methyl sites for hydroxylation is 1. The van der Waals surface area contributed by atoms with Crippen molar-refractivity contribution in [2.75, 3.05) is 12.4 Å². The largest absolute Gasteiger partial charge is 0.417 e. The van der Waals surface area contributed by atoms with Crippen molar-refractivity contribution in [3.63, 3.8) is 0 Å². The fourth-order valence-corrected chi connectivity index (χ4v) is 6.89. The Morgan fingerprint density at radius 3 is 2.22 bits per heavy atom. The van der Waals surface area contributed by atoms with Gasteiger partial charge in [0.2, 0.25) is 17.9 Å². The Morgan fingerprint density at radius 1 is 0.957 bits per heavy atom. The average Bonchev–Trinajstić information content (AvgIpc) is 3.91. The molecule has 1 aromatic heterocycles. The molecule has 1 unspecified atom stereocenters. The highest BCUT2D eigenvalue weighted by atomic mass is 19.4. The summed E-state index contributed by atoms with van der Waals surface area (Å²) >= 11 is 0. The predicted molar refractivity (Wildman–Crippen MR) is 162 cm³/mol. The number of nitrogens with zero attached hydrogens (tertiary/aromatic N) is 3. The van der Waals surface area contributed by atoms with Gasteiger partial charge in [0.05, 0.1) is 6.04 Å². The quantitative estimate of drug-likeness (QED) is 0.314. The van der Waals surface area contributed by atoms with Crippen molar-refractivity contribution in [1.29, 1.82) is 0 Å². The SMILES string of the molecule is CC(C)n1nccc1C(=O)N[C@H](C(=O)Nc1ccc2c(c1)CC[C@H]2N(C)C(=O)C(NC(=O)C1CC1)C(F)(F)F)C(C1CC1)C1CC1. The minimum Gasteiger partial charge on any atom is -0.339 e. The molecule has 2 aromatic rings. The molecular formula is C33H41F3N6O4. The molecule has 3 fully saturated rings. The highest BCUT2D eigenvalue weighted by molar-refractivity contribution is 6.01. The number of aromatic nitrogens is 2. The minimum atomic E-state index is -4.93. The van der Waals surface area contributed by atoms with E-state index in [1.807, 2.05) is 19.2 Å². The number of amides is 4. The number of nitrogens with one attached hydrogen (secondary N) is 3. The van der Waals surface area contributed by atoms with Crippen LogP contribution in [0.25, 0.3) is 0 Å². The van der Waals surface area contributed by atoms with E-state index in [0.717, 1.165) is 36.1 Å². The van der Waals surface area contributed by atoms with Gasteiger partial charge >= 0.3 is 6.18 Å². The number of carbonyl (C=O) groups is 4. The maximum atomic E-state index is 13.9. The molecule has 3 N–H and O–H groups in total. The van der Waals surface area contributed by atoms with E-state index in [1.54, 1.807) is 35.1 Å². The zero-order valence-corrected chi connectivity index (χ0v) is 26.3. The van der Waals surface area contributed by atoms with Gasteiger partial charge in [-0.25, -0.2) is 0 Å². The summed E-state index contributed by atoms with van der Waals surface area (Å²) in [7, 11) is 1.33. The fourth-order valence-electron chi connectivity index (χ4n) is 6.89. The first kappa shape index (κ1) is 32.1. The Labute approximate surface area is 265 Å². The van der Waals surface area contributed by atoms with Gasteiger partial charge in [0.25, 0.3) is 11.8 Å². The Bertz CT molecular complexity index is 1500. The first-order chi connectivity index (χ1) is 21.8. The lowest BCUT2D eigenvalue weighted by Crippen LogP contribution is -2.56. The van der Waals surface area contributed by atoms with E-state index in [9.17, 15) is 32.3 Å². The molecule has 0 spiro atoms. The summed E-state index contributed by atoms with van der Waals surface area (Å²) in [5.41, 5.74) is 2.42. The first-order valence-electron chi connectivity index (χ1n) is 16.2. The van der Waals surface area contributed by atoms with Gasteiger partial charge in [0.15, 0.2) is 0 Å². The zero-order chi connectivity index (χ0) is 32.9. The van der Waals surface area contributed by atoms with Crippen molar-refractivity contribution in [2.24, 2.45) is 23.7 Å². The number of anilines is 1. The lowest BCUT2D eigenvalue weighted by molar-refractivity contribution is -0.178. The van der Waals surface area contributed by atoms with Crippen molar-refractivity contribution in [3.05, 3.63) is 47.3 Å². The van der Waals surface area contributed by atoms with Gasteiger partial charge in [-0.1, -0.05) is 6.07 Å². The summed E-state index contributed by atoms with van der Waals surface area (Å²) in [4.78, 5) is 53.5. The molecule has 46 heavy (non-hydrogen) atoms. The van der Waals surface area contributed by atoms with Crippen LogP contribution in [0.4, 0.5) is 18.9 Å². The van der Waals surface area contributed by atoms with Crippen molar-refractivity contribution in [2.45, 2.75) is 95.6 Å². The smallest absolute Gasteiger partial charge is 0.339 e.